The Morgan fingerprint density at radius 3 is 2.31 bits per heavy atom. The molecule has 1 N–H and O–H groups in total. The Hall–Kier alpha value is -1.71. The maximum absolute atomic E-state index is 13.2. The molecule has 164 valence electrons. The number of likely N-dealkylation sites (tertiary alicyclic amines) is 1. The Bertz CT molecular complexity index is 760. The lowest BCUT2D eigenvalue weighted by molar-refractivity contribution is -0.119. The molecule has 0 spiro atoms. The zero-order chi connectivity index (χ0) is 21.6. The van der Waals surface area contributed by atoms with Gasteiger partial charge >= 0.3 is 10.2 Å². The Morgan fingerprint density at radius 1 is 1.17 bits per heavy atom. The Labute approximate surface area is 174 Å². The summed E-state index contributed by atoms with van der Waals surface area (Å²) in [5.41, 5.74) is 0.242. The summed E-state index contributed by atoms with van der Waals surface area (Å²) in [7, 11) is -1.10. The van der Waals surface area contributed by atoms with Gasteiger partial charge in [-0.05, 0) is 55.5 Å². The summed E-state index contributed by atoms with van der Waals surface area (Å²) in [5, 5.41) is 2.80. The molecule has 1 aromatic rings. The summed E-state index contributed by atoms with van der Waals surface area (Å²) in [5.74, 6) is 0.518. The van der Waals surface area contributed by atoms with Crippen LogP contribution in [0.1, 0.15) is 26.7 Å². The van der Waals surface area contributed by atoms with Crippen molar-refractivity contribution < 1.29 is 17.6 Å². The Balaban J connectivity index is 1.90. The highest BCUT2D eigenvalue weighted by Gasteiger charge is 2.27. The zero-order valence-corrected chi connectivity index (χ0v) is 18.6. The van der Waals surface area contributed by atoms with Gasteiger partial charge in [0.2, 0.25) is 5.91 Å². The van der Waals surface area contributed by atoms with Crippen molar-refractivity contribution in [2.24, 2.45) is 11.8 Å². The minimum absolute atomic E-state index is 0.242. The third-order valence-electron chi connectivity index (χ3n) is 5.06. The van der Waals surface area contributed by atoms with Crippen LogP contribution < -0.4 is 9.62 Å². The van der Waals surface area contributed by atoms with E-state index in [1.165, 1.54) is 44.8 Å². The second-order valence-electron chi connectivity index (χ2n) is 8.18. The minimum Gasteiger partial charge on any atom is -0.354 e. The average molecular weight is 429 g/mol. The number of halogens is 1. The van der Waals surface area contributed by atoms with Crippen LogP contribution in [0.25, 0.3) is 0 Å². The van der Waals surface area contributed by atoms with E-state index in [1.807, 2.05) is 0 Å². The molecule has 1 amide bonds. The molecule has 9 heteroatoms. The predicted molar refractivity (Wildman–Crippen MR) is 113 cm³/mol. The standard InChI is InChI=1S/C20H33FN4O3S/c1-16-12-17(2)14-24(13-16)11-5-10-22-20(26)15-25(29(27,28)23(3)4)19-8-6-18(21)7-9-19/h6-9,16-17H,5,10-15H2,1-4H3,(H,22,26)/t16-,17+. The molecule has 1 saturated heterocycles. The van der Waals surface area contributed by atoms with Crippen LogP contribution in [0.3, 0.4) is 0 Å². The third kappa shape index (κ3) is 6.94. The zero-order valence-electron chi connectivity index (χ0n) is 17.8. The average Bonchev–Trinajstić information content (AvgIpc) is 2.63. The van der Waals surface area contributed by atoms with Crippen LogP contribution >= 0.6 is 0 Å². The fourth-order valence-corrected chi connectivity index (χ4v) is 4.86. The second-order valence-corrected chi connectivity index (χ2v) is 10.2. The summed E-state index contributed by atoms with van der Waals surface area (Å²) in [6, 6.07) is 5.04. The van der Waals surface area contributed by atoms with Crippen LogP contribution in [-0.2, 0) is 15.0 Å². The largest absolute Gasteiger partial charge is 0.354 e. The van der Waals surface area contributed by atoms with E-state index < -0.39 is 16.0 Å². The molecule has 2 rings (SSSR count). The molecule has 0 radical (unpaired) electrons. The van der Waals surface area contributed by atoms with Gasteiger partial charge in [0.05, 0.1) is 5.69 Å². The predicted octanol–water partition coefficient (Wildman–Crippen LogP) is 1.92. The first-order valence-electron chi connectivity index (χ1n) is 10.0. The molecule has 1 aromatic carbocycles. The number of anilines is 1. The summed E-state index contributed by atoms with van der Waals surface area (Å²) in [4.78, 5) is 14.8. The normalized spacial score (nSPS) is 20.6. The van der Waals surface area contributed by atoms with Gasteiger partial charge in [-0.3, -0.25) is 4.79 Å². The molecule has 0 saturated carbocycles. The van der Waals surface area contributed by atoms with Crippen molar-refractivity contribution in [2.45, 2.75) is 26.7 Å². The van der Waals surface area contributed by atoms with Crippen LogP contribution in [0.2, 0.25) is 0 Å². The van der Waals surface area contributed by atoms with E-state index in [-0.39, 0.29) is 18.1 Å². The topological polar surface area (TPSA) is 73.0 Å². The molecule has 0 bridgehead atoms. The van der Waals surface area contributed by atoms with Crippen molar-refractivity contribution in [1.29, 1.82) is 0 Å². The van der Waals surface area contributed by atoms with Crippen molar-refractivity contribution in [1.82, 2.24) is 14.5 Å². The van der Waals surface area contributed by atoms with Crippen molar-refractivity contribution in [2.75, 3.05) is 51.1 Å². The fraction of sp³-hybridized carbons (Fsp3) is 0.650. The van der Waals surface area contributed by atoms with Gasteiger partial charge in [-0.25, -0.2) is 8.70 Å². The van der Waals surface area contributed by atoms with Crippen LogP contribution in [-0.4, -0.2) is 70.3 Å². The highest BCUT2D eigenvalue weighted by molar-refractivity contribution is 7.90. The van der Waals surface area contributed by atoms with E-state index in [0.29, 0.717) is 18.4 Å². The number of nitrogens with zero attached hydrogens (tertiary/aromatic N) is 3. The molecular formula is C20H33FN4O3S. The minimum atomic E-state index is -3.88. The van der Waals surface area contributed by atoms with Crippen molar-refractivity contribution >= 4 is 21.8 Å². The number of nitrogens with one attached hydrogen (secondary N) is 1. The molecule has 1 aliphatic heterocycles. The number of rotatable bonds is 9. The monoisotopic (exact) mass is 428 g/mol. The van der Waals surface area contributed by atoms with Crippen LogP contribution in [0, 0.1) is 17.7 Å². The number of piperidine rings is 1. The van der Waals surface area contributed by atoms with E-state index in [0.717, 1.165) is 34.7 Å². The summed E-state index contributed by atoms with van der Waals surface area (Å²) in [6.45, 7) is 7.72. The molecule has 2 atom stereocenters. The second kappa shape index (κ2) is 10.4. The van der Waals surface area contributed by atoms with E-state index in [9.17, 15) is 17.6 Å². The summed E-state index contributed by atoms with van der Waals surface area (Å²) >= 11 is 0. The van der Waals surface area contributed by atoms with E-state index in [4.69, 9.17) is 0 Å². The molecule has 29 heavy (non-hydrogen) atoms. The van der Waals surface area contributed by atoms with Gasteiger partial charge in [0.1, 0.15) is 12.4 Å². The van der Waals surface area contributed by atoms with Gasteiger partial charge in [-0.2, -0.15) is 12.7 Å². The van der Waals surface area contributed by atoms with E-state index in [1.54, 1.807) is 0 Å². The maximum atomic E-state index is 13.2. The summed E-state index contributed by atoms with van der Waals surface area (Å²) < 4.78 is 40.5. The Morgan fingerprint density at radius 2 is 1.76 bits per heavy atom. The van der Waals surface area contributed by atoms with E-state index in [2.05, 4.69) is 24.1 Å². The maximum Gasteiger partial charge on any atom is 0.304 e. The highest BCUT2D eigenvalue weighted by atomic mass is 32.2. The van der Waals surface area contributed by atoms with Crippen LogP contribution in [0.4, 0.5) is 10.1 Å². The molecule has 0 aliphatic carbocycles. The molecule has 7 nitrogen and oxygen atoms in total. The first-order chi connectivity index (χ1) is 13.6. The molecule has 1 aliphatic rings. The van der Waals surface area contributed by atoms with Gasteiger partial charge < -0.3 is 10.2 Å². The van der Waals surface area contributed by atoms with Gasteiger partial charge in [-0.1, -0.05) is 13.8 Å². The van der Waals surface area contributed by atoms with Gasteiger partial charge in [0.25, 0.3) is 0 Å². The van der Waals surface area contributed by atoms with Crippen molar-refractivity contribution in [3.05, 3.63) is 30.1 Å². The lowest BCUT2D eigenvalue weighted by Crippen LogP contribution is -2.46. The van der Waals surface area contributed by atoms with Gasteiger partial charge in [-0.15, -0.1) is 0 Å². The number of hydrogen-bond acceptors (Lipinski definition) is 4. The number of benzene rings is 1. The molecule has 0 unspecified atom stereocenters. The Kier molecular flexibility index (Phi) is 8.42. The number of carbonyl (C=O) groups excluding carboxylic acids is 1. The molecular weight excluding hydrogens is 395 g/mol. The number of carbonyl (C=O) groups is 1. The third-order valence-corrected chi connectivity index (χ3v) is 6.88. The fourth-order valence-electron chi connectivity index (χ4n) is 3.80. The summed E-state index contributed by atoms with van der Waals surface area (Å²) in [6.07, 6.45) is 2.06. The molecule has 1 fully saturated rings. The van der Waals surface area contributed by atoms with Gasteiger partial charge in [0.15, 0.2) is 0 Å². The molecule has 1 heterocycles. The lowest BCUT2D eigenvalue weighted by atomic mass is 9.92. The lowest BCUT2D eigenvalue weighted by Gasteiger charge is -2.35. The first-order valence-corrected chi connectivity index (χ1v) is 11.4. The number of amides is 1. The quantitative estimate of drug-likeness (QED) is 0.610. The van der Waals surface area contributed by atoms with Crippen LogP contribution in [0.15, 0.2) is 24.3 Å². The molecule has 0 aromatic heterocycles. The smallest absolute Gasteiger partial charge is 0.304 e. The van der Waals surface area contributed by atoms with Crippen LogP contribution in [0.5, 0.6) is 0 Å². The number of hydrogen-bond donors (Lipinski definition) is 1. The van der Waals surface area contributed by atoms with Crippen molar-refractivity contribution in [3.8, 4) is 0 Å². The highest BCUT2D eigenvalue weighted by Crippen LogP contribution is 2.21. The van der Waals surface area contributed by atoms with E-state index >= 15 is 0 Å². The SMILES string of the molecule is C[C@@H]1C[C@H](C)CN(CCCNC(=O)CN(c2ccc(F)cc2)S(=O)(=O)N(C)C)C1. The van der Waals surface area contributed by atoms with Crippen molar-refractivity contribution in [3.63, 3.8) is 0 Å². The first kappa shape index (κ1) is 23.6. The van der Waals surface area contributed by atoms with Gasteiger partial charge in [0, 0.05) is 33.7 Å².